The molecular formula is C26H24N2O3S. The lowest BCUT2D eigenvalue weighted by Crippen LogP contribution is -2.46. The van der Waals surface area contributed by atoms with Gasteiger partial charge in [-0.1, -0.05) is 36.4 Å². The van der Waals surface area contributed by atoms with E-state index in [1.54, 1.807) is 23.2 Å². The highest BCUT2D eigenvalue weighted by atomic mass is 32.1. The first-order valence-corrected chi connectivity index (χ1v) is 11.5. The summed E-state index contributed by atoms with van der Waals surface area (Å²) < 4.78 is 12.0. The lowest BCUT2D eigenvalue weighted by molar-refractivity contribution is -0.125. The van der Waals surface area contributed by atoms with Crippen molar-refractivity contribution in [1.29, 1.82) is 0 Å². The Bertz CT molecular complexity index is 1310. The van der Waals surface area contributed by atoms with E-state index in [1.807, 2.05) is 55.5 Å². The van der Waals surface area contributed by atoms with Crippen LogP contribution in [0.25, 0.3) is 22.0 Å². The first-order valence-electron chi connectivity index (χ1n) is 10.7. The van der Waals surface area contributed by atoms with Gasteiger partial charge in [0, 0.05) is 15.8 Å². The standard InChI is InChI=1S/C26H24N2O3S/c1-16-26(29)28(13-14-30-23-10-6-8-19-7-4-5-9-21(19)23)22-15-20(11-12-24(22)31-16)25-17(2)32-18(3)27-25/h4-12,15-16H,13-14H2,1-3H3. The molecular weight excluding hydrogens is 420 g/mol. The molecule has 6 heteroatoms. The van der Waals surface area contributed by atoms with Crippen molar-refractivity contribution in [3.63, 3.8) is 0 Å². The second kappa shape index (κ2) is 8.28. The first kappa shape index (κ1) is 20.5. The van der Waals surface area contributed by atoms with Crippen LogP contribution in [0.15, 0.2) is 60.7 Å². The molecule has 5 nitrogen and oxygen atoms in total. The molecule has 1 atom stereocenters. The molecule has 0 spiro atoms. The van der Waals surface area contributed by atoms with Crippen LogP contribution in [-0.2, 0) is 4.79 Å². The van der Waals surface area contributed by atoms with Crippen LogP contribution in [0.1, 0.15) is 16.8 Å². The van der Waals surface area contributed by atoms with Crippen molar-refractivity contribution < 1.29 is 14.3 Å². The van der Waals surface area contributed by atoms with Gasteiger partial charge in [0.25, 0.3) is 5.91 Å². The minimum atomic E-state index is -0.533. The predicted molar refractivity (Wildman–Crippen MR) is 129 cm³/mol. The molecule has 0 N–H and O–H groups in total. The molecule has 1 aromatic heterocycles. The Morgan fingerprint density at radius 2 is 1.91 bits per heavy atom. The number of hydrogen-bond donors (Lipinski definition) is 0. The molecule has 5 rings (SSSR count). The Labute approximate surface area is 191 Å². The summed E-state index contributed by atoms with van der Waals surface area (Å²) in [5.41, 5.74) is 2.70. The molecule has 162 valence electrons. The lowest BCUT2D eigenvalue weighted by Gasteiger charge is -2.33. The summed E-state index contributed by atoms with van der Waals surface area (Å²) in [6.07, 6.45) is -0.533. The third kappa shape index (κ3) is 3.71. The molecule has 1 aliphatic rings. The van der Waals surface area contributed by atoms with E-state index in [0.717, 1.165) is 43.4 Å². The predicted octanol–water partition coefficient (Wildman–Crippen LogP) is 5.77. The summed E-state index contributed by atoms with van der Waals surface area (Å²) in [6, 6.07) is 20.1. The van der Waals surface area contributed by atoms with Gasteiger partial charge in [0.05, 0.1) is 22.9 Å². The molecule has 3 aromatic carbocycles. The maximum atomic E-state index is 13.0. The molecule has 1 aliphatic heterocycles. The number of rotatable bonds is 5. The van der Waals surface area contributed by atoms with Gasteiger partial charge in [-0.15, -0.1) is 11.3 Å². The van der Waals surface area contributed by atoms with Crippen LogP contribution >= 0.6 is 11.3 Å². The molecule has 1 amide bonds. The number of carbonyl (C=O) groups excluding carboxylic acids is 1. The van der Waals surface area contributed by atoms with E-state index in [1.165, 1.54) is 0 Å². The maximum Gasteiger partial charge on any atom is 0.267 e. The van der Waals surface area contributed by atoms with Crippen molar-refractivity contribution >= 4 is 33.7 Å². The van der Waals surface area contributed by atoms with Crippen molar-refractivity contribution in [3.05, 3.63) is 70.5 Å². The van der Waals surface area contributed by atoms with Gasteiger partial charge in [-0.2, -0.15) is 0 Å². The molecule has 0 saturated carbocycles. The zero-order chi connectivity index (χ0) is 22.2. The molecule has 0 saturated heterocycles. The highest BCUT2D eigenvalue weighted by Crippen LogP contribution is 2.38. The number of aryl methyl sites for hydroxylation is 2. The first-order chi connectivity index (χ1) is 15.5. The normalized spacial score (nSPS) is 15.5. The van der Waals surface area contributed by atoms with Crippen LogP contribution in [0.3, 0.4) is 0 Å². The molecule has 0 aliphatic carbocycles. The molecule has 32 heavy (non-hydrogen) atoms. The van der Waals surface area contributed by atoms with E-state index >= 15 is 0 Å². The van der Waals surface area contributed by atoms with Gasteiger partial charge in [-0.25, -0.2) is 4.98 Å². The number of nitrogens with zero attached hydrogens (tertiary/aromatic N) is 2. The van der Waals surface area contributed by atoms with E-state index < -0.39 is 6.10 Å². The maximum absolute atomic E-state index is 13.0. The average Bonchev–Trinajstić information content (AvgIpc) is 3.14. The van der Waals surface area contributed by atoms with Gasteiger partial charge >= 0.3 is 0 Å². The van der Waals surface area contributed by atoms with Crippen molar-refractivity contribution in [2.24, 2.45) is 0 Å². The number of carbonyl (C=O) groups is 1. The Hall–Kier alpha value is -3.38. The topological polar surface area (TPSA) is 51.7 Å². The number of thiazole rings is 1. The van der Waals surface area contributed by atoms with Crippen LogP contribution in [0.2, 0.25) is 0 Å². The van der Waals surface area contributed by atoms with E-state index in [-0.39, 0.29) is 5.91 Å². The smallest absolute Gasteiger partial charge is 0.267 e. The lowest BCUT2D eigenvalue weighted by atomic mass is 10.1. The molecule has 4 aromatic rings. The van der Waals surface area contributed by atoms with Crippen molar-refractivity contribution in [2.45, 2.75) is 26.9 Å². The summed E-state index contributed by atoms with van der Waals surface area (Å²) in [4.78, 5) is 20.6. The highest BCUT2D eigenvalue weighted by molar-refractivity contribution is 7.11. The fourth-order valence-electron chi connectivity index (χ4n) is 4.15. The Morgan fingerprint density at radius 1 is 1.09 bits per heavy atom. The van der Waals surface area contributed by atoms with Crippen LogP contribution in [0.5, 0.6) is 11.5 Å². The van der Waals surface area contributed by atoms with Crippen LogP contribution in [-0.4, -0.2) is 30.1 Å². The summed E-state index contributed by atoms with van der Waals surface area (Å²) in [5.74, 6) is 1.46. The zero-order valence-electron chi connectivity index (χ0n) is 18.3. The van der Waals surface area contributed by atoms with Crippen LogP contribution in [0, 0.1) is 13.8 Å². The zero-order valence-corrected chi connectivity index (χ0v) is 19.1. The summed E-state index contributed by atoms with van der Waals surface area (Å²) in [7, 11) is 0. The Morgan fingerprint density at radius 3 is 2.72 bits per heavy atom. The molecule has 1 unspecified atom stereocenters. The van der Waals surface area contributed by atoms with Gasteiger partial charge < -0.3 is 14.4 Å². The number of anilines is 1. The van der Waals surface area contributed by atoms with Crippen molar-refractivity contribution in [2.75, 3.05) is 18.1 Å². The minimum absolute atomic E-state index is 0.0673. The third-order valence-corrected chi connectivity index (χ3v) is 6.55. The average molecular weight is 445 g/mol. The fraction of sp³-hybridized carbons (Fsp3) is 0.231. The van der Waals surface area contributed by atoms with Crippen molar-refractivity contribution in [1.82, 2.24) is 4.98 Å². The molecule has 0 bridgehead atoms. The largest absolute Gasteiger partial charge is 0.491 e. The fourth-order valence-corrected chi connectivity index (χ4v) is 4.99. The van der Waals surface area contributed by atoms with Gasteiger partial charge in [0.15, 0.2) is 6.10 Å². The van der Waals surface area contributed by atoms with Gasteiger partial charge in [0.1, 0.15) is 18.1 Å². The number of ether oxygens (including phenoxy) is 2. The van der Waals surface area contributed by atoms with E-state index in [9.17, 15) is 4.79 Å². The number of benzene rings is 3. The van der Waals surface area contributed by atoms with Gasteiger partial charge in [0.2, 0.25) is 0 Å². The highest BCUT2D eigenvalue weighted by Gasteiger charge is 2.32. The second-order valence-electron chi connectivity index (χ2n) is 7.90. The van der Waals surface area contributed by atoms with Gasteiger partial charge in [-0.05, 0) is 50.4 Å². The Kier molecular flexibility index (Phi) is 5.31. The van der Waals surface area contributed by atoms with Crippen LogP contribution < -0.4 is 14.4 Å². The van der Waals surface area contributed by atoms with E-state index in [2.05, 4.69) is 24.0 Å². The molecule has 2 heterocycles. The van der Waals surface area contributed by atoms with Gasteiger partial charge in [-0.3, -0.25) is 4.79 Å². The minimum Gasteiger partial charge on any atom is -0.491 e. The number of amides is 1. The summed E-state index contributed by atoms with van der Waals surface area (Å²) >= 11 is 1.67. The SMILES string of the molecule is Cc1nc(-c2ccc3c(c2)N(CCOc2cccc4ccccc24)C(=O)C(C)O3)c(C)s1. The molecule has 0 radical (unpaired) electrons. The van der Waals surface area contributed by atoms with Crippen molar-refractivity contribution in [3.8, 4) is 22.8 Å². The van der Waals surface area contributed by atoms with E-state index in [0.29, 0.717) is 18.9 Å². The number of hydrogen-bond acceptors (Lipinski definition) is 5. The number of aromatic nitrogens is 1. The van der Waals surface area contributed by atoms with E-state index in [4.69, 9.17) is 9.47 Å². The third-order valence-electron chi connectivity index (χ3n) is 5.67. The molecule has 0 fully saturated rings. The van der Waals surface area contributed by atoms with Crippen LogP contribution in [0.4, 0.5) is 5.69 Å². The number of fused-ring (bicyclic) bond motifs is 2. The monoisotopic (exact) mass is 444 g/mol. The Balaban J connectivity index is 1.42. The summed E-state index contributed by atoms with van der Waals surface area (Å²) in [6.45, 7) is 6.67. The summed E-state index contributed by atoms with van der Waals surface area (Å²) in [5, 5.41) is 3.22. The quantitative estimate of drug-likeness (QED) is 0.392. The second-order valence-corrected chi connectivity index (χ2v) is 9.30.